The van der Waals surface area contributed by atoms with Crippen molar-refractivity contribution in [2.24, 2.45) is 0 Å². The van der Waals surface area contributed by atoms with Gasteiger partial charge in [-0.15, -0.1) is 0 Å². The second kappa shape index (κ2) is 6.76. The number of fused-ring (bicyclic) bond motifs is 3. The molecule has 1 unspecified atom stereocenters. The van der Waals surface area contributed by atoms with Crippen LogP contribution >= 0.6 is 11.8 Å². The molecule has 2 heterocycles. The summed E-state index contributed by atoms with van der Waals surface area (Å²) in [5, 5.41) is 5.19. The van der Waals surface area contributed by atoms with Gasteiger partial charge in [-0.3, -0.25) is 14.6 Å². The Morgan fingerprint density at radius 2 is 2.08 bits per heavy atom. The number of thioether (sulfide) groups is 1. The van der Waals surface area contributed by atoms with Gasteiger partial charge in [-0.2, -0.15) is 0 Å². The number of aromatic nitrogens is 3. The van der Waals surface area contributed by atoms with Crippen molar-refractivity contribution < 1.29 is 9.48 Å². The summed E-state index contributed by atoms with van der Waals surface area (Å²) in [7, 11) is 0. The van der Waals surface area contributed by atoms with Crippen LogP contribution in [0.2, 0.25) is 0 Å². The van der Waals surface area contributed by atoms with Crippen LogP contribution in [0.4, 0.5) is 5.69 Å². The Hall–Kier alpha value is -2.15. The summed E-state index contributed by atoms with van der Waals surface area (Å²) in [4.78, 5) is 29.9. The van der Waals surface area contributed by atoms with Gasteiger partial charge in [0.15, 0.2) is 0 Å². The number of amides is 1. The Labute approximate surface area is 144 Å². The zero-order valence-corrected chi connectivity index (χ0v) is 14.9. The molecule has 6 nitrogen and oxygen atoms in total. The van der Waals surface area contributed by atoms with Crippen LogP contribution in [0.15, 0.2) is 34.2 Å². The van der Waals surface area contributed by atoms with Crippen molar-refractivity contribution >= 4 is 23.4 Å². The van der Waals surface area contributed by atoms with Crippen molar-refractivity contribution in [2.75, 3.05) is 10.7 Å². The Balaban J connectivity index is 2.30. The summed E-state index contributed by atoms with van der Waals surface area (Å²) in [5.41, 5.74) is 1.86. The van der Waals surface area contributed by atoms with Gasteiger partial charge in [0, 0.05) is 17.9 Å². The summed E-state index contributed by atoms with van der Waals surface area (Å²) in [6, 6.07) is 7.52. The molecule has 0 fully saturated rings. The molecule has 0 saturated heterocycles. The summed E-state index contributed by atoms with van der Waals surface area (Å²) in [6.45, 7) is 5.86. The van der Waals surface area contributed by atoms with Crippen LogP contribution in [0.25, 0.3) is 11.3 Å². The second-order valence-corrected chi connectivity index (χ2v) is 6.76. The third-order valence-corrected chi connectivity index (χ3v) is 4.83. The van der Waals surface area contributed by atoms with Gasteiger partial charge < -0.3 is 0 Å². The Bertz CT molecular complexity index is 834. The Kier molecular flexibility index (Phi) is 4.71. The highest BCUT2D eigenvalue weighted by atomic mass is 32.2. The number of rotatable bonds is 4. The summed E-state index contributed by atoms with van der Waals surface area (Å²) in [6.07, 6.45) is 0.783. The maximum absolute atomic E-state index is 12.7. The standard InChI is InChI=1S/C17H20N4O2S/c1-4-13-20(14(22)5-2)12-10-8-7-9-11(12)15-16(23)18-17(24-6-3)19-21(13)15/h7-10,13H,4-6H2,1-3H3/p+1. The summed E-state index contributed by atoms with van der Waals surface area (Å²) in [5.74, 6) is 0.840. The molecule has 0 aliphatic carbocycles. The topological polar surface area (TPSA) is 69.9 Å². The van der Waals surface area contributed by atoms with Crippen molar-refractivity contribution in [3.8, 4) is 11.3 Å². The number of carbonyl (C=O) groups excluding carboxylic acids is 1. The molecule has 24 heavy (non-hydrogen) atoms. The zero-order valence-electron chi connectivity index (χ0n) is 14.1. The highest BCUT2D eigenvalue weighted by Crippen LogP contribution is 2.35. The normalized spacial score (nSPS) is 15.8. The van der Waals surface area contributed by atoms with Crippen LogP contribution < -0.4 is 15.1 Å². The molecule has 2 aromatic rings. The monoisotopic (exact) mass is 345 g/mol. The van der Waals surface area contributed by atoms with E-state index in [0.717, 1.165) is 17.0 Å². The Morgan fingerprint density at radius 3 is 2.75 bits per heavy atom. The van der Waals surface area contributed by atoms with Gasteiger partial charge in [0.1, 0.15) is 0 Å². The quantitative estimate of drug-likeness (QED) is 0.683. The number of benzene rings is 1. The van der Waals surface area contributed by atoms with Gasteiger partial charge in [0.05, 0.1) is 11.3 Å². The molecule has 7 heteroatoms. The average Bonchev–Trinajstić information content (AvgIpc) is 2.59. The zero-order chi connectivity index (χ0) is 17.3. The van der Waals surface area contributed by atoms with Gasteiger partial charge >= 0.3 is 11.3 Å². The Morgan fingerprint density at radius 1 is 1.33 bits per heavy atom. The number of para-hydroxylation sites is 1. The van der Waals surface area contributed by atoms with Gasteiger partial charge in [0.25, 0.3) is 6.17 Å². The van der Waals surface area contributed by atoms with Gasteiger partial charge in [-0.1, -0.05) is 49.3 Å². The first-order chi connectivity index (χ1) is 11.6. The fourth-order valence-electron chi connectivity index (χ4n) is 3.08. The van der Waals surface area contributed by atoms with Crippen molar-refractivity contribution in [1.82, 2.24) is 10.1 Å². The van der Waals surface area contributed by atoms with Gasteiger partial charge in [-0.25, -0.2) is 4.90 Å². The lowest BCUT2D eigenvalue weighted by atomic mass is 10.0. The van der Waals surface area contributed by atoms with Crippen LogP contribution in [0, 0.1) is 0 Å². The van der Waals surface area contributed by atoms with Crippen LogP contribution in [-0.2, 0) is 4.79 Å². The first kappa shape index (κ1) is 16.7. The van der Waals surface area contributed by atoms with E-state index in [4.69, 9.17) is 0 Å². The van der Waals surface area contributed by atoms with Gasteiger partial charge in [0.2, 0.25) is 11.1 Å². The molecule has 0 bridgehead atoms. The molecule has 0 saturated carbocycles. The van der Waals surface area contributed by atoms with E-state index in [9.17, 15) is 9.59 Å². The minimum atomic E-state index is -0.291. The molecular weight excluding hydrogens is 324 g/mol. The number of hydrogen-bond acceptors (Lipinski definition) is 4. The molecule has 0 spiro atoms. The van der Waals surface area contributed by atoms with Crippen LogP contribution in [0.1, 0.15) is 39.8 Å². The fraction of sp³-hybridized carbons (Fsp3) is 0.412. The van der Waals surface area contributed by atoms with E-state index < -0.39 is 0 Å². The molecule has 1 amide bonds. The van der Waals surface area contributed by atoms with Crippen molar-refractivity contribution in [2.45, 2.75) is 44.9 Å². The molecule has 126 valence electrons. The maximum atomic E-state index is 12.7. The number of nitrogens with zero attached hydrogens (tertiary/aromatic N) is 3. The number of hydrogen-bond donors (Lipinski definition) is 1. The lowest BCUT2D eigenvalue weighted by Crippen LogP contribution is -2.60. The predicted molar refractivity (Wildman–Crippen MR) is 94.0 cm³/mol. The molecular formula is C17H21N4O2S+. The summed E-state index contributed by atoms with van der Waals surface area (Å²) < 4.78 is 1.72. The SMILES string of the molecule is CCSc1n[n+]2c(c(=O)[nH]1)-c1ccccc1N(C(=O)CC)C2CC. The highest BCUT2D eigenvalue weighted by molar-refractivity contribution is 7.99. The average molecular weight is 345 g/mol. The second-order valence-electron chi connectivity index (χ2n) is 5.51. The first-order valence-electron chi connectivity index (χ1n) is 8.22. The molecule has 1 aromatic heterocycles. The molecule has 1 atom stereocenters. The predicted octanol–water partition coefficient (Wildman–Crippen LogP) is 2.50. The van der Waals surface area contributed by atoms with E-state index in [2.05, 4.69) is 10.1 Å². The van der Waals surface area contributed by atoms with Crippen LogP contribution in [0.3, 0.4) is 0 Å². The molecule has 0 radical (unpaired) electrons. The molecule has 1 aliphatic rings. The van der Waals surface area contributed by atoms with E-state index in [1.54, 1.807) is 9.58 Å². The molecule has 1 aromatic carbocycles. The number of anilines is 1. The number of carbonyl (C=O) groups is 1. The van der Waals surface area contributed by atoms with E-state index in [1.807, 2.05) is 45.0 Å². The number of nitrogens with one attached hydrogen (secondary N) is 1. The largest absolute Gasteiger partial charge is 0.325 e. The van der Waals surface area contributed by atoms with E-state index >= 15 is 0 Å². The third-order valence-electron chi connectivity index (χ3n) is 4.08. The molecule has 1 aliphatic heterocycles. The third kappa shape index (κ3) is 2.62. The van der Waals surface area contributed by atoms with E-state index in [0.29, 0.717) is 23.7 Å². The number of H-pyrrole nitrogens is 1. The maximum Gasteiger partial charge on any atom is 0.325 e. The lowest BCUT2D eigenvalue weighted by molar-refractivity contribution is -0.771. The number of aromatic amines is 1. The van der Waals surface area contributed by atoms with Crippen LogP contribution in [-0.4, -0.2) is 21.7 Å². The van der Waals surface area contributed by atoms with E-state index in [1.165, 1.54) is 11.8 Å². The fourth-order valence-corrected chi connectivity index (χ4v) is 3.66. The minimum absolute atomic E-state index is 0.0271. The first-order valence-corrected chi connectivity index (χ1v) is 9.21. The van der Waals surface area contributed by atoms with E-state index in [-0.39, 0.29) is 17.6 Å². The summed E-state index contributed by atoms with van der Waals surface area (Å²) >= 11 is 1.48. The lowest BCUT2D eigenvalue weighted by Gasteiger charge is -2.31. The van der Waals surface area contributed by atoms with Crippen molar-refractivity contribution in [1.29, 1.82) is 0 Å². The van der Waals surface area contributed by atoms with Crippen molar-refractivity contribution in [3.05, 3.63) is 34.6 Å². The van der Waals surface area contributed by atoms with Crippen LogP contribution in [0.5, 0.6) is 0 Å². The molecule has 3 rings (SSSR count). The molecule has 1 N–H and O–H groups in total. The smallest absolute Gasteiger partial charge is 0.291 e. The highest BCUT2D eigenvalue weighted by Gasteiger charge is 2.43. The van der Waals surface area contributed by atoms with Gasteiger partial charge in [-0.05, 0) is 17.9 Å². The van der Waals surface area contributed by atoms with Crippen molar-refractivity contribution in [3.63, 3.8) is 0 Å². The minimum Gasteiger partial charge on any atom is -0.291 e.